The Kier molecular flexibility index (Phi) is 4.53. The molecule has 1 atom stereocenters. The molecule has 0 saturated carbocycles. The third-order valence-electron chi connectivity index (χ3n) is 3.45. The minimum Gasteiger partial charge on any atom is -0.316 e. The number of likely N-dealkylation sites (N-methyl/N-ethyl adjacent to an activating group) is 1. The van der Waals surface area contributed by atoms with Gasteiger partial charge in [-0.05, 0) is 31.2 Å². The Morgan fingerprint density at radius 1 is 1.42 bits per heavy atom. The number of benzene rings is 1. The molecule has 1 aromatic rings. The van der Waals surface area contributed by atoms with E-state index in [1.165, 1.54) is 0 Å². The van der Waals surface area contributed by atoms with Crippen LogP contribution >= 0.6 is 15.9 Å². The van der Waals surface area contributed by atoms with E-state index >= 15 is 0 Å². The Balaban J connectivity index is 2.16. The van der Waals surface area contributed by atoms with Gasteiger partial charge in [0, 0.05) is 30.1 Å². The second kappa shape index (κ2) is 5.81. The van der Waals surface area contributed by atoms with Gasteiger partial charge in [-0.25, -0.2) is 0 Å². The van der Waals surface area contributed by atoms with Crippen molar-refractivity contribution in [3.8, 4) is 0 Å². The van der Waals surface area contributed by atoms with Crippen molar-refractivity contribution in [3.63, 3.8) is 0 Å². The number of nitrogens with zero attached hydrogens (tertiary/aromatic N) is 1. The molecule has 1 unspecified atom stereocenters. The highest BCUT2D eigenvalue weighted by Crippen LogP contribution is 2.34. The fourth-order valence-electron chi connectivity index (χ4n) is 2.40. The van der Waals surface area contributed by atoms with Crippen LogP contribution in [0.3, 0.4) is 0 Å². The quantitative estimate of drug-likeness (QED) is 0.911. The smallest absolute Gasteiger partial charge is 0.316 e. The van der Waals surface area contributed by atoms with E-state index < -0.39 is 11.7 Å². The first-order chi connectivity index (χ1) is 8.90. The third-order valence-corrected chi connectivity index (χ3v) is 3.95. The lowest BCUT2D eigenvalue weighted by Crippen LogP contribution is -2.29. The van der Waals surface area contributed by atoms with Crippen LogP contribution in [0.25, 0.3) is 0 Å². The van der Waals surface area contributed by atoms with Gasteiger partial charge in [0.25, 0.3) is 0 Å². The lowest BCUT2D eigenvalue weighted by molar-refractivity contribution is -0.138. The summed E-state index contributed by atoms with van der Waals surface area (Å²) in [5, 5.41) is 3.16. The SMILES string of the molecule is CNC1CCN(Cc2ccc(Br)cc2C(F)(F)F)C1. The van der Waals surface area contributed by atoms with Crippen molar-refractivity contribution >= 4 is 15.9 Å². The van der Waals surface area contributed by atoms with E-state index in [1.54, 1.807) is 12.1 Å². The summed E-state index contributed by atoms with van der Waals surface area (Å²) >= 11 is 3.10. The molecule has 0 bridgehead atoms. The topological polar surface area (TPSA) is 15.3 Å². The molecule has 1 fully saturated rings. The maximum Gasteiger partial charge on any atom is 0.416 e. The van der Waals surface area contributed by atoms with E-state index in [2.05, 4.69) is 26.1 Å². The molecule has 0 aliphatic carbocycles. The predicted octanol–water partition coefficient (Wildman–Crippen LogP) is 3.26. The first kappa shape index (κ1) is 14.8. The van der Waals surface area contributed by atoms with Crippen molar-refractivity contribution in [2.24, 2.45) is 0 Å². The fraction of sp³-hybridized carbons (Fsp3) is 0.538. The van der Waals surface area contributed by atoms with Crippen LogP contribution in [0.4, 0.5) is 13.2 Å². The highest BCUT2D eigenvalue weighted by molar-refractivity contribution is 9.10. The third kappa shape index (κ3) is 3.70. The summed E-state index contributed by atoms with van der Waals surface area (Å²) in [5.74, 6) is 0. The zero-order valence-electron chi connectivity index (χ0n) is 10.6. The van der Waals surface area contributed by atoms with Gasteiger partial charge in [0.1, 0.15) is 0 Å². The molecular formula is C13H16BrF3N2. The van der Waals surface area contributed by atoms with Gasteiger partial charge in [-0.1, -0.05) is 22.0 Å². The molecule has 0 aromatic heterocycles. The maximum atomic E-state index is 13.0. The van der Waals surface area contributed by atoms with Crippen molar-refractivity contribution in [2.75, 3.05) is 20.1 Å². The zero-order chi connectivity index (χ0) is 14.0. The number of alkyl halides is 3. The molecule has 6 heteroatoms. The minimum absolute atomic E-state index is 0.340. The van der Waals surface area contributed by atoms with Gasteiger partial charge in [-0.15, -0.1) is 0 Å². The van der Waals surface area contributed by atoms with Crippen LogP contribution in [-0.4, -0.2) is 31.1 Å². The van der Waals surface area contributed by atoms with Crippen LogP contribution < -0.4 is 5.32 Å². The minimum atomic E-state index is -4.30. The fourth-order valence-corrected chi connectivity index (χ4v) is 2.76. The summed E-state index contributed by atoms with van der Waals surface area (Å²) in [4.78, 5) is 2.06. The molecular weight excluding hydrogens is 321 g/mol. The molecule has 1 heterocycles. The van der Waals surface area contributed by atoms with Crippen molar-refractivity contribution in [1.82, 2.24) is 10.2 Å². The second-order valence-corrected chi connectivity index (χ2v) is 5.72. The van der Waals surface area contributed by atoms with Gasteiger partial charge in [0.2, 0.25) is 0 Å². The van der Waals surface area contributed by atoms with E-state index in [0.717, 1.165) is 25.6 Å². The standard InChI is InChI=1S/C13H16BrF3N2/c1-18-11-4-5-19(8-11)7-9-2-3-10(14)6-12(9)13(15,16)17/h2-3,6,11,18H,4-5,7-8H2,1H3. The first-order valence-electron chi connectivity index (χ1n) is 6.15. The van der Waals surface area contributed by atoms with Gasteiger partial charge in [0.15, 0.2) is 0 Å². The molecule has 0 spiro atoms. The lowest BCUT2D eigenvalue weighted by atomic mass is 10.1. The van der Waals surface area contributed by atoms with Crippen LogP contribution in [-0.2, 0) is 12.7 Å². The predicted molar refractivity (Wildman–Crippen MR) is 71.9 cm³/mol. The van der Waals surface area contributed by atoms with Crippen LogP contribution in [0.5, 0.6) is 0 Å². The van der Waals surface area contributed by atoms with Gasteiger partial charge >= 0.3 is 6.18 Å². The van der Waals surface area contributed by atoms with Crippen molar-refractivity contribution in [1.29, 1.82) is 0 Å². The van der Waals surface area contributed by atoms with E-state index in [1.807, 2.05) is 7.05 Å². The molecule has 1 aliphatic heterocycles. The summed E-state index contributed by atoms with van der Waals surface area (Å²) in [6.07, 6.45) is -3.32. The Morgan fingerprint density at radius 2 is 2.16 bits per heavy atom. The monoisotopic (exact) mass is 336 g/mol. The highest BCUT2D eigenvalue weighted by atomic mass is 79.9. The van der Waals surface area contributed by atoms with Gasteiger partial charge in [-0.2, -0.15) is 13.2 Å². The van der Waals surface area contributed by atoms with E-state index in [9.17, 15) is 13.2 Å². The van der Waals surface area contributed by atoms with E-state index in [-0.39, 0.29) is 0 Å². The number of halogens is 4. The number of hydrogen-bond acceptors (Lipinski definition) is 2. The Bertz CT molecular complexity index is 448. The zero-order valence-corrected chi connectivity index (χ0v) is 12.2. The van der Waals surface area contributed by atoms with Crippen LogP contribution in [0.15, 0.2) is 22.7 Å². The number of hydrogen-bond donors (Lipinski definition) is 1. The Morgan fingerprint density at radius 3 is 2.74 bits per heavy atom. The lowest BCUT2D eigenvalue weighted by Gasteiger charge is -2.19. The van der Waals surface area contributed by atoms with Crippen LogP contribution in [0.2, 0.25) is 0 Å². The molecule has 1 N–H and O–H groups in total. The average molecular weight is 337 g/mol. The summed E-state index contributed by atoms with van der Waals surface area (Å²) in [6.45, 7) is 1.98. The van der Waals surface area contributed by atoms with Crippen LogP contribution in [0, 0.1) is 0 Å². The molecule has 1 saturated heterocycles. The second-order valence-electron chi connectivity index (χ2n) is 4.81. The molecule has 1 aromatic carbocycles. The summed E-state index contributed by atoms with van der Waals surface area (Å²) < 4.78 is 39.4. The summed E-state index contributed by atoms with van der Waals surface area (Å²) in [7, 11) is 1.88. The summed E-state index contributed by atoms with van der Waals surface area (Å²) in [5.41, 5.74) is -0.206. The molecule has 2 nitrogen and oxygen atoms in total. The summed E-state index contributed by atoms with van der Waals surface area (Å²) in [6, 6.07) is 4.75. The van der Waals surface area contributed by atoms with Gasteiger partial charge < -0.3 is 5.32 Å². The molecule has 1 aliphatic rings. The largest absolute Gasteiger partial charge is 0.416 e. The van der Waals surface area contributed by atoms with Crippen molar-refractivity contribution < 1.29 is 13.2 Å². The van der Waals surface area contributed by atoms with Crippen LogP contribution in [0.1, 0.15) is 17.5 Å². The van der Waals surface area contributed by atoms with Crippen molar-refractivity contribution in [3.05, 3.63) is 33.8 Å². The molecule has 0 radical (unpaired) electrons. The van der Waals surface area contributed by atoms with E-state index in [4.69, 9.17) is 0 Å². The molecule has 2 rings (SSSR count). The number of likely N-dealkylation sites (tertiary alicyclic amines) is 1. The van der Waals surface area contributed by atoms with Gasteiger partial charge in [0.05, 0.1) is 5.56 Å². The van der Waals surface area contributed by atoms with E-state index in [0.29, 0.717) is 22.6 Å². The number of nitrogens with one attached hydrogen (secondary N) is 1. The molecule has 19 heavy (non-hydrogen) atoms. The Hall–Kier alpha value is -0.590. The van der Waals surface area contributed by atoms with Crippen molar-refractivity contribution in [2.45, 2.75) is 25.2 Å². The first-order valence-corrected chi connectivity index (χ1v) is 6.94. The average Bonchev–Trinajstić information content (AvgIpc) is 2.78. The van der Waals surface area contributed by atoms with Gasteiger partial charge in [-0.3, -0.25) is 4.90 Å². The Labute approximate surface area is 119 Å². The molecule has 0 amide bonds. The molecule has 106 valence electrons. The normalized spacial score (nSPS) is 21.0. The number of rotatable bonds is 3. The maximum absolute atomic E-state index is 13.0. The highest BCUT2D eigenvalue weighted by Gasteiger charge is 2.34.